The fourth-order valence-corrected chi connectivity index (χ4v) is 2.32. The molecule has 0 aliphatic heterocycles. The molecule has 1 aliphatic carbocycles. The summed E-state index contributed by atoms with van der Waals surface area (Å²) in [6.07, 6.45) is 1.27. The largest absolute Gasteiger partial charge is 0.399 e. The van der Waals surface area contributed by atoms with Crippen LogP contribution in [0.25, 0.3) is 11.0 Å². The summed E-state index contributed by atoms with van der Waals surface area (Å²) in [5.41, 5.74) is 8.78. The number of imidazole rings is 1. The maximum atomic E-state index is 5.75. The van der Waals surface area contributed by atoms with Crippen LogP contribution >= 0.6 is 0 Å². The summed E-state index contributed by atoms with van der Waals surface area (Å²) < 4.78 is 2.35. The molecule has 1 heterocycles. The summed E-state index contributed by atoms with van der Waals surface area (Å²) in [7, 11) is 0. The van der Waals surface area contributed by atoms with Crippen LogP contribution in [0.4, 0.5) is 5.69 Å². The summed E-state index contributed by atoms with van der Waals surface area (Å²) in [6.45, 7) is 4.36. The van der Waals surface area contributed by atoms with Crippen LogP contribution in [0.5, 0.6) is 0 Å². The van der Waals surface area contributed by atoms with Crippen molar-refractivity contribution in [2.45, 2.75) is 26.3 Å². The number of benzene rings is 1. The number of nitrogens with two attached hydrogens (primary N) is 1. The second-order valence-electron chi connectivity index (χ2n) is 4.56. The third-order valence-corrected chi connectivity index (χ3v) is 3.29. The molecule has 2 unspecified atom stereocenters. The van der Waals surface area contributed by atoms with E-state index in [0.29, 0.717) is 6.04 Å². The fourth-order valence-electron chi connectivity index (χ4n) is 2.32. The maximum Gasteiger partial charge on any atom is 0.106 e. The Morgan fingerprint density at radius 2 is 2.20 bits per heavy atom. The number of nitrogen functional groups attached to an aromatic ring is 1. The highest BCUT2D eigenvalue weighted by atomic mass is 15.1. The topological polar surface area (TPSA) is 43.8 Å². The highest BCUT2D eigenvalue weighted by molar-refractivity contribution is 5.79. The van der Waals surface area contributed by atoms with Crippen molar-refractivity contribution >= 4 is 16.7 Å². The summed E-state index contributed by atoms with van der Waals surface area (Å²) in [4.78, 5) is 4.55. The van der Waals surface area contributed by atoms with Gasteiger partial charge in [-0.2, -0.15) is 0 Å². The molecule has 1 aromatic carbocycles. The molecule has 3 heteroatoms. The van der Waals surface area contributed by atoms with Crippen molar-refractivity contribution in [3.8, 4) is 0 Å². The third-order valence-electron chi connectivity index (χ3n) is 3.29. The lowest BCUT2D eigenvalue weighted by Crippen LogP contribution is -1.98. The Morgan fingerprint density at radius 3 is 2.87 bits per heavy atom. The molecule has 1 aromatic heterocycles. The molecular formula is C12H15N3. The molecule has 0 radical (unpaired) electrons. The van der Waals surface area contributed by atoms with E-state index < -0.39 is 0 Å². The van der Waals surface area contributed by atoms with Crippen LogP contribution in [-0.2, 0) is 0 Å². The molecule has 3 nitrogen and oxygen atoms in total. The Balaban J connectivity index is 2.24. The van der Waals surface area contributed by atoms with Gasteiger partial charge in [-0.05, 0) is 37.5 Å². The van der Waals surface area contributed by atoms with Crippen LogP contribution < -0.4 is 5.73 Å². The predicted molar refractivity (Wildman–Crippen MR) is 61.7 cm³/mol. The van der Waals surface area contributed by atoms with E-state index in [1.165, 1.54) is 11.9 Å². The van der Waals surface area contributed by atoms with Gasteiger partial charge in [0.05, 0.1) is 11.0 Å². The molecule has 3 rings (SSSR count). The number of anilines is 1. The fraction of sp³-hybridized carbons (Fsp3) is 0.417. The van der Waals surface area contributed by atoms with Crippen LogP contribution in [-0.4, -0.2) is 9.55 Å². The SMILES string of the molecule is Cc1nc2cc(N)ccc2n1C1CC1C. The molecule has 78 valence electrons. The van der Waals surface area contributed by atoms with Gasteiger partial charge in [-0.15, -0.1) is 0 Å². The van der Waals surface area contributed by atoms with Gasteiger partial charge in [0, 0.05) is 11.7 Å². The van der Waals surface area contributed by atoms with E-state index in [9.17, 15) is 0 Å². The van der Waals surface area contributed by atoms with Crippen LogP contribution in [0.2, 0.25) is 0 Å². The molecule has 2 aromatic rings. The Hall–Kier alpha value is -1.51. The van der Waals surface area contributed by atoms with Crippen LogP contribution in [0.15, 0.2) is 18.2 Å². The minimum atomic E-state index is 0.652. The highest BCUT2D eigenvalue weighted by Gasteiger charge is 2.36. The molecule has 0 spiro atoms. The molecule has 0 saturated heterocycles. The van der Waals surface area contributed by atoms with Crippen LogP contribution in [0.1, 0.15) is 25.2 Å². The van der Waals surface area contributed by atoms with Crippen molar-refractivity contribution in [1.29, 1.82) is 0 Å². The van der Waals surface area contributed by atoms with Gasteiger partial charge in [-0.1, -0.05) is 6.92 Å². The van der Waals surface area contributed by atoms with Crippen molar-refractivity contribution in [3.05, 3.63) is 24.0 Å². The summed E-state index contributed by atoms with van der Waals surface area (Å²) in [5, 5.41) is 0. The van der Waals surface area contributed by atoms with E-state index >= 15 is 0 Å². The lowest BCUT2D eigenvalue weighted by Gasteiger charge is -2.04. The minimum absolute atomic E-state index is 0.652. The summed E-state index contributed by atoms with van der Waals surface area (Å²) in [5.74, 6) is 1.89. The average molecular weight is 201 g/mol. The van der Waals surface area contributed by atoms with E-state index in [1.807, 2.05) is 12.1 Å². The number of nitrogens with zero attached hydrogens (tertiary/aromatic N) is 2. The third kappa shape index (κ3) is 1.23. The molecule has 1 aliphatic rings. The number of aromatic nitrogens is 2. The van der Waals surface area contributed by atoms with E-state index in [-0.39, 0.29) is 0 Å². The number of fused-ring (bicyclic) bond motifs is 1. The highest BCUT2D eigenvalue weighted by Crippen LogP contribution is 2.45. The molecule has 1 saturated carbocycles. The number of aryl methyl sites for hydroxylation is 1. The zero-order valence-electron chi connectivity index (χ0n) is 9.07. The lowest BCUT2D eigenvalue weighted by molar-refractivity contribution is 0.682. The van der Waals surface area contributed by atoms with Crippen molar-refractivity contribution in [2.75, 3.05) is 5.73 Å². The van der Waals surface area contributed by atoms with Gasteiger partial charge in [0.1, 0.15) is 5.82 Å². The quantitative estimate of drug-likeness (QED) is 0.720. The standard InChI is InChI=1S/C12H15N3/c1-7-5-12(7)15-8(2)14-10-6-9(13)3-4-11(10)15/h3-4,6-7,12H,5,13H2,1-2H3. The Bertz CT molecular complexity index is 527. The second kappa shape index (κ2) is 2.75. The first-order chi connectivity index (χ1) is 7.16. The van der Waals surface area contributed by atoms with Crippen LogP contribution in [0, 0.1) is 12.8 Å². The van der Waals surface area contributed by atoms with Crippen molar-refractivity contribution in [3.63, 3.8) is 0 Å². The van der Waals surface area contributed by atoms with E-state index in [4.69, 9.17) is 5.73 Å². The first kappa shape index (κ1) is 8.77. The molecular weight excluding hydrogens is 186 g/mol. The number of hydrogen-bond donors (Lipinski definition) is 1. The molecule has 15 heavy (non-hydrogen) atoms. The zero-order chi connectivity index (χ0) is 10.6. The van der Waals surface area contributed by atoms with E-state index in [2.05, 4.69) is 29.5 Å². The number of rotatable bonds is 1. The molecule has 1 fully saturated rings. The van der Waals surface area contributed by atoms with E-state index in [0.717, 1.165) is 22.9 Å². The average Bonchev–Trinajstić information content (AvgIpc) is 2.77. The molecule has 2 N–H and O–H groups in total. The first-order valence-corrected chi connectivity index (χ1v) is 5.41. The second-order valence-corrected chi connectivity index (χ2v) is 4.56. The van der Waals surface area contributed by atoms with Crippen molar-refractivity contribution < 1.29 is 0 Å². The van der Waals surface area contributed by atoms with Gasteiger partial charge < -0.3 is 10.3 Å². The Morgan fingerprint density at radius 1 is 1.47 bits per heavy atom. The van der Waals surface area contributed by atoms with Gasteiger partial charge in [-0.25, -0.2) is 4.98 Å². The normalized spacial score (nSPS) is 24.7. The van der Waals surface area contributed by atoms with Gasteiger partial charge in [0.2, 0.25) is 0 Å². The monoisotopic (exact) mass is 201 g/mol. The summed E-state index contributed by atoms with van der Waals surface area (Å²) in [6, 6.07) is 6.63. The van der Waals surface area contributed by atoms with E-state index in [1.54, 1.807) is 0 Å². The van der Waals surface area contributed by atoms with Gasteiger partial charge in [0.25, 0.3) is 0 Å². The predicted octanol–water partition coefficient (Wildman–Crippen LogP) is 2.51. The Labute approximate surface area is 88.9 Å². The zero-order valence-corrected chi connectivity index (χ0v) is 9.07. The van der Waals surface area contributed by atoms with Gasteiger partial charge in [-0.3, -0.25) is 0 Å². The lowest BCUT2D eigenvalue weighted by atomic mass is 10.3. The molecule has 2 atom stereocenters. The van der Waals surface area contributed by atoms with Crippen LogP contribution in [0.3, 0.4) is 0 Å². The van der Waals surface area contributed by atoms with Gasteiger partial charge >= 0.3 is 0 Å². The first-order valence-electron chi connectivity index (χ1n) is 5.41. The smallest absolute Gasteiger partial charge is 0.106 e. The molecule has 0 bridgehead atoms. The minimum Gasteiger partial charge on any atom is -0.399 e. The van der Waals surface area contributed by atoms with Crippen molar-refractivity contribution in [1.82, 2.24) is 9.55 Å². The van der Waals surface area contributed by atoms with Crippen molar-refractivity contribution in [2.24, 2.45) is 5.92 Å². The summed E-state index contributed by atoms with van der Waals surface area (Å²) >= 11 is 0. The van der Waals surface area contributed by atoms with Gasteiger partial charge in [0.15, 0.2) is 0 Å². The number of hydrogen-bond acceptors (Lipinski definition) is 2. The maximum absolute atomic E-state index is 5.75. The molecule has 0 amide bonds. The Kier molecular flexibility index (Phi) is 1.61.